The van der Waals surface area contributed by atoms with Gasteiger partial charge in [-0.2, -0.15) is 0 Å². The minimum atomic E-state index is -4.86. The highest BCUT2D eigenvalue weighted by molar-refractivity contribution is 5.97. The van der Waals surface area contributed by atoms with E-state index in [9.17, 15) is 59.0 Å². The van der Waals surface area contributed by atoms with Crippen LogP contribution in [-0.2, 0) is 21.4 Å². The van der Waals surface area contributed by atoms with Crippen LogP contribution in [0.3, 0.4) is 0 Å². The zero-order valence-electron chi connectivity index (χ0n) is 56.9. The number of pyridine rings is 2. The summed E-state index contributed by atoms with van der Waals surface area (Å²) in [4.78, 5) is 73.2. The van der Waals surface area contributed by atoms with Gasteiger partial charge in [-0.1, -0.05) is 54.6 Å². The van der Waals surface area contributed by atoms with Gasteiger partial charge in [0.15, 0.2) is 0 Å². The molecule has 540 valence electrons. The Labute approximate surface area is 578 Å². The molecule has 5 aliphatic carbocycles. The van der Waals surface area contributed by atoms with Crippen molar-refractivity contribution in [3.05, 3.63) is 156 Å². The van der Waals surface area contributed by atoms with E-state index < -0.39 is 63.7 Å². The number of morpholine rings is 1. The van der Waals surface area contributed by atoms with E-state index in [2.05, 4.69) is 82.9 Å². The van der Waals surface area contributed by atoms with Crippen LogP contribution in [-0.4, -0.2) is 210 Å². The molecular formula is C71H81F9N14O7. The number of β-amino-alcohol motifs (C(OH)–C–C–N with tert-alkyl or cyclic N) is 1. The summed E-state index contributed by atoms with van der Waals surface area (Å²) in [5.41, 5.74) is -1.52. The van der Waals surface area contributed by atoms with Gasteiger partial charge in [-0.3, -0.25) is 29.4 Å². The van der Waals surface area contributed by atoms with Crippen LogP contribution >= 0.6 is 0 Å². The molecule has 21 nitrogen and oxygen atoms in total. The summed E-state index contributed by atoms with van der Waals surface area (Å²) in [5, 5.41) is 14.2. The van der Waals surface area contributed by atoms with E-state index in [-0.39, 0.29) is 72.6 Å². The van der Waals surface area contributed by atoms with Gasteiger partial charge in [0, 0.05) is 13.1 Å². The predicted octanol–water partition coefficient (Wildman–Crippen LogP) is 11.0. The lowest BCUT2D eigenvalue weighted by Crippen LogP contribution is -2.69. The number of alkyl halides is 7. The van der Waals surface area contributed by atoms with E-state index >= 15 is 0 Å². The molecule has 3 spiro atoms. The van der Waals surface area contributed by atoms with E-state index in [0.717, 1.165) is 73.7 Å². The first-order chi connectivity index (χ1) is 47.7. The lowest BCUT2D eigenvalue weighted by molar-refractivity contribution is -0.275. The Kier molecular flexibility index (Phi) is 18.3. The standard InChI is InChI=1S/C25H28F4N4O3.C24H25F5N4O2.C22H28N6O2/c1-31(2)24(17-5-3-6-18(26)11-17)13-22(14-24)15-32(21(34)33(22)16-23(35)9-4-10-23)20-8-7-19(12-30-20)36-25(27,28)29;1-31(2)23(16-4-3-5-17(25)10-16)12-22(13-23)15-32(20(34)33(22)14-21(26)8-9-21)19-7-6-18(11-30-19)35-24(27,28)29;1-26(2)22(17-6-4-3-5-7-17)14-21(15-22)16-28(20(29)25-21)18-12-23-19(24-13-18)27-8-10-30-11-9-27/h3,5-8,11-12,35H,4,9-10,13-16H2,1-2H3;3-7,10-11H,8-9,12-15H2,1-2H3;3-7,12-13H,8-11,14-16H2,1-2H3,(H,25,29). The highest BCUT2D eigenvalue weighted by Gasteiger charge is 2.68. The van der Waals surface area contributed by atoms with Crippen molar-refractivity contribution in [2.75, 3.05) is 121 Å². The van der Waals surface area contributed by atoms with Crippen molar-refractivity contribution in [1.29, 1.82) is 0 Å². The summed E-state index contributed by atoms with van der Waals surface area (Å²) in [7, 11) is 11.8. The molecule has 0 atom stereocenters. The number of ether oxygens (including phenoxy) is 3. The summed E-state index contributed by atoms with van der Waals surface area (Å²) in [6, 6.07) is 27.2. The molecule has 9 fully saturated rings. The molecule has 101 heavy (non-hydrogen) atoms. The topological polar surface area (TPSA) is 192 Å². The van der Waals surface area contributed by atoms with Crippen molar-refractivity contribution in [1.82, 2.24) is 49.8 Å². The van der Waals surface area contributed by atoms with Crippen molar-refractivity contribution in [2.45, 2.75) is 128 Å². The Morgan fingerprint density at radius 1 is 0.545 bits per heavy atom. The van der Waals surface area contributed by atoms with Crippen LogP contribution < -0.4 is 34.4 Å². The smallest absolute Gasteiger partial charge is 0.404 e. The number of amides is 6. The van der Waals surface area contributed by atoms with Gasteiger partial charge in [0.05, 0.1) is 115 Å². The number of rotatable bonds is 16. The van der Waals surface area contributed by atoms with Crippen molar-refractivity contribution >= 4 is 41.4 Å². The molecular weight excluding hydrogens is 1330 g/mol. The number of aromatic nitrogens is 4. The number of anilines is 4. The van der Waals surface area contributed by atoms with E-state index in [0.29, 0.717) is 77.1 Å². The lowest BCUT2D eigenvalue weighted by atomic mass is 9.58. The molecule has 7 heterocycles. The average Bonchev–Trinajstić information content (AvgIpc) is 1.58. The minimum absolute atomic E-state index is 0.0543. The highest BCUT2D eigenvalue weighted by atomic mass is 19.4. The second-order valence-corrected chi connectivity index (χ2v) is 29.2. The maximum atomic E-state index is 14.9. The van der Waals surface area contributed by atoms with E-state index in [1.807, 2.05) is 56.2 Å². The molecule has 4 aliphatic heterocycles. The third-order valence-electron chi connectivity index (χ3n) is 22.1. The fraction of sp³-hybridized carbons (Fsp3) is 0.507. The normalized spacial score (nSPS) is 27.8. The van der Waals surface area contributed by atoms with Gasteiger partial charge < -0.3 is 39.3 Å². The molecule has 4 saturated heterocycles. The van der Waals surface area contributed by atoms with Crippen molar-refractivity contribution in [3.8, 4) is 11.5 Å². The van der Waals surface area contributed by atoms with Gasteiger partial charge in [0.25, 0.3) is 0 Å². The first kappa shape index (κ1) is 70.8. The van der Waals surface area contributed by atoms with Crippen molar-refractivity contribution in [3.63, 3.8) is 0 Å². The molecule has 0 unspecified atom stereocenters. The van der Waals surface area contributed by atoms with Gasteiger partial charge in [0.1, 0.15) is 40.4 Å². The molecule has 6 amide bonds. The number of carbonyl (C=O) groups excluding carboxylic acids is 3. The van der Waals surface area contributed by atoms with Gasteiger partial charge >= 0.3 is 30.8 Å². The zero-order chi connectivity index (χ0) is 71.9. The Morgan fingerprint density at radius 2 is 1.00 bits per heavy atom. The lowest BCUT2D eigenvalue weighted by Gasteiger charge is -2.61. The molecule has 5 saturated carbocycles. The second-order valence-electron chi connectivity index (χ2n) is 29.2. The summed E-state index contributed by atoms with van der Waals surface area (Å²) in [6.07, 6.45) is 2.13. The number of carbonyl (C=O) groups is 3. The van der Waals surface area contributed by atoms with Crippen LogP contribution in [0.4, 0.5) is 77.2 Å². The molecule has 3 aromatic carbocycles. The average molecular weight is 1410 g/mol. The largest absolute Gasteiger partial charge is 0.573 e. The number of hydrogen-bond acceptors (Lipinski definition) is 15. The van der Waals surface area contributed by atoms with E-state index in [1.54, 1.807) is 39.2 Å². The molecule has 3 aromatic heterocycles. The molecule has 9 aliphatic rings. The zero-order valence-corrected chi connectivity index (χ0v) is 56.9. The number of benzene rings is 3. The third kappa shape index (κ3) is 13.8. The van der Waals surface area contributed by atoms with Crippen molar-refractivity contribution < 1.29 is 73.2 Å². The van der Waals surface area contributed by atoms with Crippen LogP contribution in [0.15, 0.2) is 128 Å². The van der Waals surface area contributed by atoms with Gasteiger partial charge in [-0.05, 0) is 178 Å². The number of nitrogens with zero attached hydrogens (tertiary/aromatic N) is 13. The Balaban J connectivity index is 0.000000136. The molecule has 15 rings (SSSR count). The summed E-state index contributed by atoms with van der Waals surface area (Å²) < 4.78 is 131. The maximum absolute atomic E-state index is 14.9. The predicted molar refractivity (Wildman–Crippen MR) is 355 cm³/mol. The molecule has 6 aromatic rings. The van der Waals surface area contributed by atoms with Crippen LogP contribution in [0.25, 0.3) is 0 Å². The third-order valence-corrected chi connectivity index (χ3v) is 22.1. The minimum Gasteiger partial charge on any atom is -0.404 e. The summed E-state index contributed by atoms with van der Waals surface area (Å²) in [5.74, 6) is -0.637. The fourth-order valence-corrected chi connectivity index (χ4v) is 16.4. The second kappa shape index (κ2) is 26.0. The first-order valence-electron chi connectivity index (χ1n) is 33.6. The first-order valence-corrected chi connectivity index (χ1v) is 33.6. The summed E-state index contributed by atoms with van der Waals surface area (Å²) >= 11 is 0. The van der Waals surface area contributed by atoms with Gasteiger partial charge in [0.2, 0.25) is 5.95 Å². The quantitative estimate of drug-likeness (QED) is 0.0869. The Bertz CT molecular complexity index is 3990. The number of aliphatic hydroxyl groups is 1. The maximum Gasteiger partial charge on any atom is 0.573 e. The number of hydrogen-bond donors (Lipinski definition) is 2. The van der Waals surface area contributed by atoms with Crippen molar-refractivity contribution in [2.24, 2.45) is 0 Å². The summed E-state index contributed by atoms with van der Waals surface area (Å²) in [6.45, 7) is 4.13. The SMILES string of the molecule is CN(C)C1(c2cccc(F)c2)CC2(CN(c3ccc(OC(F)(F)F)cn3)C(=O)N2CC2(F)CC2)C1.CN(C)C1(c2cccc(F)c2)CC2(CN(c3ccc(OC(F)(F)F)cn3)C(=O)N2CC2(O)CCC2)C1.CN(C)C1(c2ccccc2)CC2(CN(c3cnc(N4CCOCC4)nc3)C(=O)N2)C1. The van der Waals surface area contributed by atoms with Gasteiger partial charge in [-0.15, -0.1) is 26.3 Å². The molecule has 0 bridgehead atoms. The monoisotopic (exact) mass is 1410 g/mol. The van der Waals surface area contributed by atoms with Crippen LogP contribution in [0.5, 0.6) is 11.5 Å². The number of urea groups is 3. The van der Waals surface area contributed by atoms with Crippen LogP contribution in [0.1, 0.15) is 87.3 Å². The number of nitrogens with one attached hydrogen (secondary N) is 1. The Hall–Kier alpha value is -8.58. The molecule has 2 N–H and O–H groups in total. The van der Waals surface area contributed by atoms with E-state index in [1.165, 1.54) is 51.8 Å². The highest BCUT2D eigenvalue weighted by Crippen LogP contribution is 2.61. The molecule has 0 radical (unpaired) electrons. The van der Waals surface area contributed by atoms with E-state index in [4.69, 9.17) is 4.74 Å². The molecule has 30 heteroatoms. The van der Waals surface area contributed by atoms with Crippen LogP contribution in [0, 0.1) is 11.6 Å². The fourth-order valence-electron chi connectivity index (χ4n) is 16.4. The van der Waals surface area contributed by atoms with Gasteiger partial charge in [-0.25, -0.2) is 47.5 Å². The Morgan fingerprint density at radius 3 is 1.41 bits per heavy atom. The number of halogens is 9. The van der Waals surface area contributed by atoms with Crippen LogP contribution in [0.2, 0.25) is 0 Å².